The number of benzene rings is 4. The smallest absolute Gasteiger partial charge is 0.0518 e. The molecule has 2 nitrogen and oxygen atoms in total. The first kappa shape index (κ1) is 31.5. The van der Waals surface area contributed by atoms with Gasteiger partial charge in [-0.15, -0.1) is 0 Å². The molecule has 0 spiro atoms. The molecule has 2 heteroatoms. The third kappa shape index (κ3) is 5.29. The maximum Gasteiger partial charge on any atom is 0.0518 e. The molecule has 2 atom stereocenters. The third-order valence-electron chi connectivity index (χ3n) is 11.1. The van der Waals surface area contributed by atoms with Gasteiger partial charge in [0.2, 0.25) is 0 Å². The van der Waals surface area contributed by atoms with Gasteiger partial charge in [0.15, 0.2) is 0 Å². The van der Waals surface area contributed by atoms with E-state index < -0.39 is 0 Å². The normalized spacial score (nSPS) is 21.4. The zero-order valence-corrected chi connectivity index (χ0v) is 29.7. The molecule has 0 saturated heterocycles. The molecule has 4 aromatic rings. The van der Waals surface area contributed by atoms with E-state index in [1.807, 2.05) is 0 Å². The van der Waals surface area contributed by atoms with E-state index in [-0.39, 0.29) is 21.8 Å². The minimum absolute atomic E-state index is 0.0186. The number of aryl methyl sites for hydroxylation is 3. The average Bonchev–Trinajstić information content (AvgIpc) is 3.15. The highest BCUT2D eigenvalue weighted by Crippen LogP contribution is 2.62. The van der Waals surface area contributed by atoms with Gasteiger partial charge in [0.1, 0.15) is 0 Å². The molecule has 6 rings (SSSR count). The highest BCUT2D eigenvalue weighted by Gasteiger charge is 2.58. The van der Waals surface area contributed by atoms with E-state index in [1.54, 1.807) is 5.56 Å². The number of rotatable bonds is 4. The van der Waals surface area contributed by atoms with Crippen molar-refractivity contribution >= 4 is 28.4 Å². The molecule has 0 amide bonds. The van der Waals surface area contributed by atoms with Gasteiger partial charge in [-0.3, -0.25) is 0 Å². The van der Waals surface area contributed by atoms with Crippen LogP contribution < -0.4 is 9.80 Å². The highest BCUT2D eigenvalue weighted by atomic mass is 15.3. The van der Waals surface area contributed by atoms with Crippen LogP contribution in [0.2, 0.25) is 0 Å². The van der Waals surface area contributed by atoms with Crippen molar-refractivity contribution in [3.8, 4) is 0 Å². The SMILES string of the molecule is Cc1cc(N(c2ccc(C(C)(C)C)cc2)c2ccc(C(C)(C)C)cc2)cc(N2c3cc(C)cc(C)c3C3(C)CCCCC23C)c1. The van der Waals surface area contributed by atoms with E-state index in [0.717, 1.165) is 0 Å². The van der Waals surface area contributed by atoms with Crippen LogP contribution in [-0.2, 0) is 16.2 Å². The summed E-state index contributed by atoms with van der Waals surface area (Å²) in [5, 5.41) is 0. The molecule has 236 valence electrons. The van der Waals surface area contributed by atoms with Crippen LogP contribution in [0.1, 0.15) is 114 Å². The van der Waals surface area contributed by atoms with Gasteiger partial charge in [-0.25, -0.2) is 0 Å². The fourth-order valence-corrected chi connectivity index (χ4v) is 8.44. The Bertz CT molecular complexity index is 1660. The topological polar surface area (TPSA) is 6.48 Å². The number of hydrogen-bond donors (Lipinski definition) is 0. The van der Waals surface area contributed by atoms with Crippen molar-refractivity contribution < 1.29 is 0 Å². The van der Waals surface area contributed by atoms with E-state index in [2.05, 4.69) is 165 Å². The molecule has 1 fully saturated rings. The molecular formula is C43H54N2. The molecule has 1 heterocycles. The Morgan fingerprint density at radius 3 is 1.64 bits per heavy atom. The standard InChI is InChI=1S/C43H54N2/c1-29-24-31(3)39-38(27-29)45(43(11)23-13-12-22-42(39,43)10)37-26-30(2)25-36(28-37)44(34-18-14-32(15-19-34)40(4,5)6)35-20-16-33(17-21-35)41(7,8)9/h14-21,24-28H,12-13,22-23H2,1-11H3. The van der Waals surface area contributed by atoms with Crippen LogP contribution in [0, 0.1) is 20.8 Å². The lowest BCUT2D eigenvalue weighted by atomic mass is 9.61. The molecule has 0 aromatic heterocycles. The molecule has 45 heavy (non-hydrogen) atoms. The lowest BCUT2D eigenvalue weighted by molar-refractivity contribution is 0.194. The van der Waals surface area contributed by atoms with E-state index >= 15 is 0 Å². The number of hydrogen-bond acceptors (Lipinski definition) is 2. The van der Waals surface area contributed by atoms with Crippen LogP contribution in [0.15, 0.2) is 78.9 Å². The maximum absolute atomic E-state index is 2.74. The van der Waals surface area contributed by atoms with Crippen molar-refractivity contribution in [2.24, 2.45) is 0 Å². The first-order valence-corrected chi connectivity index (χ1v) is 17.1. The van der Waals surface area contributed by atoms with Crippen molar-refractivity contribution in [1.82, 2.24) is 0 Å². The predicted molar refractivity (Wildman–Crippen MR) is 196 cm³/mol. The quantitative estimate of drug-likeness (QED) is 0.230. The van der Waals surface area contributed by atoms with Crippen molar-refractivity contribution in [3.05, 3.63) is 112 Å². The fraction of sp³-hybridized carbons (Fsp3) is 0.442. The van der Waals surface area contributed by atoms with Crippen LogP contribution >= 0.6 is 0 Å². The number of nitrogens with zero attached hydrogens (tertiary/aromatic N) is 2. The van der Waals surface area contributed by atoms with Crippen molar-refractivity contribution in [1.29, 1.82) is 0 Å². The first-order chi connectivity index (χ1) is 21.0. The molecule has 0 N–H and O–H groups in total. The Labute approximate surface area is 273 Å². The molecule has 1 saturated carbocycles. The average molecular weight is 599 g/mol. The Balaban J connectivity index is 1.55. The van der Waals surface area contributed by atoms with Crippen molar-refractivity contribution in [2.75, 3.05) is 9.80 Å². The van der Waals surface area contributed by atoms with Gasteiger partial charge in [-0.05, 0) is 133 Å². The summed E-state index contributed by atoms with van der Waals surface area (Å²) in [4.78, 5) is 5.19. The lowest BCUT2D eigenvalue weighted by Crippen LogP contribution is -2.54. The minimum Gasteiger partial charge on any atom is -0.334 e. The zero-order chi connectivity index (χ0) is 32.5. The van der Waals surface area contributed by atoms with Gasteiger partial charge < -0.3 is 9.80 Å². The van der Waals surface area contributed by atoms with Crippen molar-refractivity contribution in [2.45, 2.75) is 124 Å². The zero-order valence-electron chi connectivity index (χ0n) is 29.7. The van der Waals surface area contributed by atoms with E-state index in [4.69, 9.17) is 0 Å². The van der Waals surface area contributed by atoms with Crippen LogP contribution in [-0.4, -0.2) is 5.54 Å². The lowest BCUT2D eigenvalue weighted by Gasteiger charge is -2.50. The molecule has 0 bridgehead atoms. The first-order valence-electron chi connectivity index (χ1n) is 17.1. The monoisotopic (exact) mass is 598 g/mol. The second-order valence-electron chi connectivity index (χ2n) is 16.6. The molecule has 2 unspecified atom stereocenters. The second kappa shape index (κ2) is 10.8. The highest BCUT2D eigenvalue weighted by molar-refractivity contribution is 5.84. The molecule has 0 radical (unpaired) electrons. The largest absolute Gasteiger partial charge is 0.334 e. The van der Waals surface area contributed by atoms with Crippen molar-refractivity contribution in [3.63, 3.8) is 0 Å². The van der Waals surface area contributed by atoms with Gasteiger partial charge >= 0.3 is 0 Å². The summed E-state index contributed by atoms with van der Waals surface area (Å²) in [6.07, 6.45) is 5.02. The predicted octanol–water partition coefficient (Wildman–Crippen LogP) is 12.4. The molecule has 2 aliphatic rings. The summed E-state index contributed by atoms with van der Waals surface area (Å²) in [6.45, 7) is 25.7. The summed E-state index contributed by atoms with van der Waals surface area (Å²) in [5.74, 6) is 0. The minimum atomic E-state index is 0.0186. The van der Waals surface area contributed by atoms with Gasteiger partial charge in [0, 0.05) is 33.9 Å². The van der Waals surface area contributed by atoms with E-state index in [1.165, 1.54) is 81.9 Å². The van der Waals surface area contributed by atoms with Gasteiger partial charge in [-0.1, -0.05) is 91.6 Å². The van der Waals surface area contributed by atoms with Crippen LogP contribution in [0.4, 0.5) is 28.4 Å². The van der Waals surface area contributed by atoms with E-state index in [0.29, 0.717) is 0 Å². The summed E-state index contributed by atoms with van der Waals surface area (Å²) in [6, 6.07) is 30.5. The molecule has 1 aliphatic carbocycles. The Kier molecular flexibility index (Phi) is 7.54. The fourth-order valence-electron chi connectivity index (χ4n) is 8.44. The van der Waals surface area contributed by atoms with Crippen LogP contribution in [0.5, 0.6) is 0 Å². The Morgan fingerprint density at radius 1 is 0.600 bits per heavy atom. The molecular weight excluding hydrogens is 544 g/mol. The summed E-state index contributed by atoms with van der Waals surface area (Å²) in [7, 11) is 0. The van der Waals surface area contributed by atoms with Gasteiger partial charge in [-0.2, -0.15) is 0 Å². The summed E-state index contributed by atoms with van der Waals surface area (Å²) >= 11 is 0. The number of anilines is 5. The molecule has 1 aliphatic heterocycles. The second-order valence-corrected chi connectivity index (χ2v) is 16.6. The van der Waals surface area contributed by atoms with Crippen LogP contribution in [0.25, 0.3) is 0 Å². The van der Waals surface area contributed by atoms with E-state index in [9.17, 15) is 0 Å². The van der Waals surface area contributed by atoms with Gasteiger partial charge in [0.05, 0.1) is 5.54 Å². The summed E-state index contributed by atoms with van der Waals surface area (Å²) in [5.41, 5.74) is 15.0. The molecule has 4 aromatic carbocycles. The van der Waals surface area contributed by atoms with Gasteiger partial charge in [0.25, 0.3) is 0 Å². The van der Waals surface area contributed by atoms with Crippen LogP contribution in [0.3, 0.4) is 0 Å². The Hall–Kier alpha value is -3.52. The summed E-state index contributed by atoms with van der Waals surface area (Å²) < 4.78 is 0. The third-order valence-corrected chi connectivity index (χ3v) is 11.1. The Morgan fingerprint density at radius 2 is 1.11 bits per heavy atom. The maximum atomic E-state index is 2.74. The number of fused-ring (bicyclic) bond motifs is 3.